The van der Waals surface area contributed by atoms with Crippen LogP contribution in [-0.2, 0) is 11.3 Å². The van der Waals surface area contributed by atoms with Crippen molar-refractivity contribution in [3.63, 3.8) is 0 Å². The second-order valence-electron chi connectivity index (χ2n) is 5.48. The largest absolute Gasteiger partial charge is 0.493 e. The van der Waals surface area contributed by atoms with E-state index >= 15 is 0 Å². The van der Waals surface area contributed by atoms with Crippen LogP contribution in [0.5, 0.6) is 11.5 Å². The van der Waals surface area contributed by atoms with Gasteiger partial charge in [-0.2, -0.15) is 0 Å². The van der Waals surface area contributed by atoms with Gasteiger partial charge < -0.3 is 14.2 Å². The fourth-order valence-electron chi connectivity index (χ4n) is 1.72. The van der Waals surface area contributed by atoms with Crippen molar-refractivity contribution < 1.29 is 23.9 Å². The van der Waals surface area contributed by atoms with Gasteiger partial charge in [-0.3, -0.25) is 15.4 Å². The van der Waals surface area contributed by atoms with Gasteiger partial charge in [-0.15, -0.1) is 0 Å². The van der Waals surface area contributed by atoms with Gasteiger partial charge in [0.2, 0.25) is 6.54 Å². The molecule has 0 aromatic heterocycles. The molecule has 22 heavy (non-hydrogen) atoms. The Balaban J connectivity index is 3.14. The lowest BCUT2D eigenvalue weighted by Crippen LogP contribution is -2.27. The molecule has 8 nitrogen and oxygen atoms in total. The summed E-state index contributed by atoms with van der Waals surface area (Å²) in [6.07, 6.45) is -0.704. The molecule has 0 saturated carbocycles. The molecule has 1 N–H and O–H groups in total. The molecule has 8 heteroatoms. The smallest absolute Gasteiger partial charge is 0.412 e. The first-order chi connectivity index (χ1) is 10.2. The standard InChI is InChI=1S/C14H20N2O6/c1-14(2,3)22-13(17)15-10-7-12(21-5)11(20-4)6-9(10)8-16(18)19/h6-7H,8H2,1-5H3,(H,15,17). The molecule has 0 fully saturated rings. The Morgan fingerprint density at radius 1 is 1.23 bits per heavy atom. The number of methoxy groups -OCH3 is 2. The van der Waals surface area contributed by atoms with Gasteiger partial charge in [-0.25, -0.2) is 4.79 Å². The number of hydrogen-bond donors (Lipinski definition) is 1. The SMILES string of the molecule is COc1cc(C[N+](=O)[O-])c(NC(=O)OC(C)(C)C)cc1OC. The lowest BCUT2D eigenvalue weighted by Gasteiger charge is -2.20. The Labute approximate surface area is 128 Å². The number of nitro groups is 1. The van der Waals surface area contributed by atoms with E-state index in [0.717, 1.165) is 0 Å². The average Bonchev–Trinajstić information content (AvgIpc) is 2.37. The van der Waals surface area contributed by atoms with Crippen LogP contribution in [0.2, 0.25) is 0 Å². The van der Waals surface area contributed by atoms with Crippen molar-refractivity contribution in [2.24, 2.45) is 0 Å². The maximum absolute atomic E-state index is 11.8. The molecule has 0 aliphatic heterocycles. The van der Waals surface area contributed by atoms with Gasteiger partial charge in [0, 0.05) is 16.6 Å². The first-order valence-electron chi connectivity index (χ1n) is 6.53. The van der Waals surface area contributed by atoms with Gasteiger partial charge >= 0.3 is 6.09 Å². The summed E-state index contributed by atoms with van der Waals surface area (Å²) in [6.45, 7) is 4.70. The van der Waals surface area contributed by atoms with E-state index < -0.39 is 23.2 Å². The van der Waals surface area contributed by atoms with E-state index in [1.165, 1.54) is 26.4 Å². The van der Waals surface area contributed by atoms with Crippen LogP contribution in [0.3, 0.4) is 0 Å². The van der Waals surface area contributed by atoms with Gasteiger partial charge in [-0.1, -0.05) is 0 Å². The van der Waals surface area contributed by atoms with Crippen molar-refractivity contribution in [2.75, 3.05) is 19.5 Å². The molecule has 1 amide bonds. The van der Waals surface area contributed by atoms with Crippen molar-refractivity contribution >= 4 is 11.8 Å². The van der Waals surface area contributed by atoms with Gasteiger partial charge in [0.1, 0.15) is 5.60 Å². The highest BCUT2D eigenvalue weighted by Crippen LogP contribution is 2.34. The average molecular weight is 312 g/mol. The summed E-state index contributed by atoms with van der Waals surface area (Å²) < 4.78 is 15.4. The summed E-state index contributed by atoms with van der Waals surface area (Å²) in [5.41, 5.74) is -0.152. The van der Waals surface area contributed by atoms with Gasteiger partial charge in [0.25, 0.3) is 0 Å². The Bertz CT molecular complexity index is 565. The van der Waals surface area contributed by atoms with Crippen LogP contribution in [0, 0.1) is 10.1 Å². The number of hydrogen-bond acceptors (Lipinski definition) is 6. The Morgan fingerprint density at radius 3 is 2.23 bits per heavy atom. The molecular weight excluding hydrogens is 292 g/mol. The molecule has 122 valence electrons. The molecule has 0 radical (unpaired) electrons. The van der Waals surface area contributed by atoms with Crippen LogP contribution in [0.1, 0.15) is 26.3 Å². The Morgan fingerprint density at radius 2 is 1.77 bits per heavy atom. The topological polar surface area (TPSA) is 99.9 Å². The number of benzene rings is 1. The lowest BCUT2D eigenvalue weighted by molar-refractivity contribution is -0.496. The van der Waals surface area contributed by atoms with E-state index in [1.54, 1.807) is 20.8 Å². The highest BCUT2D eigenvalue weighted by molar-refractivity contribution is 5.86. The fourth-order valence-corrected chi connectivity index (χ4v) is 1.72. The fraction of sp³-hybridized carbons (Fsp3) is 0.500. The highest BCUT2D eigenvalue weighted by atomic mass is 16.6. The number of nitrogens with zero attached hydrogens (tertiary/aromatic N) is 1. The van der Waals surface area contributed by atoms with E-state index in [-0.39, 0.29) is 11.3 Å². The maximum Gasteiger partial charge on any atom is 0.412 e. The van der Waals surface area contributed by atoms with Gasteiger partial charge in [0.05, 0.1) is 19.9 Å². The molecule has 1 rings (SSSR count). The van der Waals surface area contributed by atoms with Crippen LogP contribution in [0.4, 0.5) is 10.5 Å². The summed E-state index contributed by atoms with van der Waals surface area (Å²) in [5.74, 6) is 0.690. The summed E-state index contributed by atoms with van der Waals surface area (Å²) in [6, 6.07) is 2.91. The number of anilines is 1. The van der Waals surface area contributed by atoms with Crippen molar-refractivity contribution in [3.8, 4) is 11.5 Å². The van der Waals surface area contributed by atoms with E-state index in [0.29, 0.717) is 11.5 Å². The monoisotopic (exact) mass is 312 g/mol. The molecule has 1 aromatic rings. The predicted molar refractivity (Wildman–Crippen MR) is 80.1 cm³/mol. The summed E-state index contributed by atoms with van der Waals surface area (Å²) in [7, 11) is 2.86. The van der Waals surface area contributed by atoms with Crippen LogP contribution in [0.25, 0.3) is 0 Å². The number of amides is 1. The summed E-state index contributed by atoms with van der Waals surface area (Å²) >= 11 is 0. The highest BCUT2D eigenvalue weighted by Gasteiger charge is 2.20. The van der Waals surface area contributed by atoms with Crippen LogP contribution in [-0.4, -0.2) is 30.8 Å². The second kappa shape index (κ2) is 6.97. The summed E-state index contributed by atoms with van der Waals surface area (Å²) in [5, 5.41) is 13.3. The molecule has 0 heterocycles. The molecule has 0 spiro atoms. The first-order valence-corrected chi connectivity index (χ1v) is 6.53. The molecule has 0 aliphatic rings. The maximum atomic E-state index is 11.8. The van der Waals surface area contributed by atoms with Crippen LogP contribution >= 0.6 is 0 Å². The number of rotatable bonds is 5. The Hall–Kier alpha value is -2.51. The second-order valence-corrected chi connectivity index (χ2v) is 5.48. The van der Waals surface area contributed by atoms with Crippen molar-refractivity contribution in [1.29, 1.82) is 0 Å². The van der Waals surface area contributed by atoms with Crippen LogP contribution in [0.15, 0.2) is 12.1 Å². The number of carbonyl (C=O) groups is 1. The van der Waals surface area contributed by atoms with E-state index in [1.807, 2.05) is 0 Å². The molecule has 0 bridgehead atoms. The third kappa shape index (κ3) is 5.12. The van der Waals surface area contributed by atoms with Crippen LogP contribution < -0.4 is 14.8 Å². The molecule has 0 saturated heterocycles. The van der Waals surface area contributed by atoms with Crippen molar-refractivity contribution in [2.45, 2.75) is 32.9 Å². The predicted octanol–water partition coefficient (Wildman–Crippen LogP) is 2.83. The number of nitrogens with one attached hydrogen (secondary N) is 1. The molecule has 0 atom stereocenters. The third-order valence-corrected chi connectivity index (χ3v) is 2.54. The minimum atomic E-state index is -0.704. The van der Waals surface area contributed by atoms with E-state index in [2.05, 4.69) is 5.32 Å². The molecule has 0 aliphatic carbocycles. The number of carbonyl (C=O) groups excluding carboxylic acids is 1. The number of ether oxygens (including phenoxy) is 3. The van der Waals surface area contributed by atoms with E-state index in [4.69, 9.17) is 14.2 Å². The minimum absolute atomic E-state index is 0.239. The zero-order chi connectivity index (χ0) is 16.9. The van der Waals surface area contributed by atoms with Gasteiger partial charge in [-0.05, 0) is 26.8 Å². The molecule has 1 aromatic carbocycles. The molecule has 0 unspecified atom stereocenters. The minimum Gasteiger partial charge on any atom is -0.493 e. The zero-order valence-corrected chi connectivity index (χ0v) is 13.3. The lowest BCUT2D eigenvalue weighted by atomic mass is 10.1. The normalized spacial score (nSPS) is 10.8. The molecular formula is C14H20N2O6. The van der Waals surface area contributed by atoms with Gasteiger partial charge in [0.15, 0.2) is 11.5 Å². The zero-order valence-electron chi connectivity index (χ0n) is 13.3. The van der Waals surface area contributed by atoms with Crippen molar-refractivity contribution in [3.05, 3.63) is 27.8 Å². The third-order valence-electron chi connectivity index (χ3n) is 2.54. The summed E-state index contributed by atoms with van der Waals surface area (Å²) in [4.78, 5) is 22.1. The first kappa shape index (κ1) is 17.5. The van der Waals surface area contributed by atoms with E-state index in [9.17, 15) is 14.9 Å². The quantitative estimate of drug-likeness (QED) is 0.663. The van der Waals surface area contributed by atoms with Crippen molar-refractivity contribution in [1.82, 2.24) is 0 Å². The Kier molecular flexibility index (Phi) is 5.56.